The molecule has 15 nitrogen and oxygen atoms in total. The van der Waals surface area contributed by atoms with Crippen molar-refractivity contribution in [2.45, 2.75) is 146 Å². The van der Waals surface area contributed by atoms with Gasteiger partial charge < -0.3 is 25.0 Å². The highest BCUT2D eigenvalue weighted by Gasteiger charge is 2.67. The van der Waals surface area contributed by atoms with Crippen molar-refractivity contribution in [2.24, 2.45) is 29.1 Å². The number of alkyl carbamates (subject to hydrolysis) is 1. The summed E-state index contributed by atoms with van der Waals surface area (Å²) in [6.07, 6.45) is 0.713. The minimum atomic E-state index is -4.25. The first-order valence-electron chi connectivity index (χ1n) is 20.9. The highest BCUT2D eigenvalue weighted by Crippen LogP contribution is 2.53. The summed E-state index contributed by atoms with van der Waals surface area (Å²) in [6, 6.07) is 4.19. The van der Waals surface area contributed by atoms with Crippen LogP contribution in [0.3, 0.4) is 0 Å². The van der Waals surface area contributed by atoms with Gasteiger partial charge in [0.15, 0.2) is 0 Å². The summed E-state index contributed by atoms with van der Waals surface area (Å²) in [5.41, 5.74) is -3.10. The number of hydrogen-bond acceptors (Lipinski definition) is 10. The van der Waals surface area contributed by atoms with Crippen LogP contribution < -0.4 is 25.7 Å². The Morgan fingerprint density at radius 2 is 1.75 bits per heavy atom. The van der Waals surface area contributed by atoms with E-state index in [1.54, 1.807) is 45.0 Å². The highest BCUT2D eigenvalue weighted by molar-refractivity contribution is 7.91. The van der Waals surface area contributed by atoms with Crippen LogP contribution in [0.4, 0.5) is 13.6 Å². The normalized spacial score (nSPS) is 33.2. The lowest BCUT2D eigenvalue weighted by atomic mass is 9.71. The molecule has 1 saturated heterocycles. The number of nitrogens with zero attached hydrogens (tertiary/aromatic N) is 3. The minimum absolute atomic E-state index is 0.00917. The number of alkyl halides is 2. The lowest BCUT2D eigenvalue weighted by Crippen LogP contribution is -2.60. The fraction of sp³-hybridized carbons (Fsp3) is 0.707. The van der Waals surface area contributed by atoms with Crippen LogP contribution in [0.25, 0.3) is 10.9 Å². The molecule has 1 aromatic heterocycles. The lowest BCUT2D eigenvalue weighted by Gasteiger charge is -2.36. The van der Waals surface area contributed by atoms with E-state index >= 15 is 0 Å². The van der Waals surface area contributed by atoms with Crippen molar-refractivity contribution in [2.75, 3.05) is 6.54 Å². The van der Waals surface area contributed by atoms with Crippen molar-refractivity contribution >= 4 is 44.7 Å². The van der Waals surface area contributed by atoms with Gasteiger partial charge in [0.2, 0.25) is 28.3 Å². The fourth-order valence-corrected chi connectivity index (χ4v) is 11.1. The Morgan fingerprint density at radius 3 is 2.41 bits per heavy atom. The van der Waals surface area contributed by atoms with Gasteiger partial charge in [-0.2, -0.15) is 4.98 Å². The number of nitrogens with one attached hydrogen (secondary N) is 3. The number of para-hydroxylation sites is 1. The van der Waals surface area contributed by atoms with Crippen LogP contribution in [0.15, 0.2) is 29.1 Å². The number of halogens is 2. The Kier molecular flexibility index (Phi) is 10.5. The van der Waals surface area contributed by atoms with Crippen LogP contribution >= 0.6 is 0 Å². The second-order valence-electron chi connectivity index (χ2n) is 19.0. The van der Waals surface area contributed by atoms with E-state index < -0.39 is 86.5 Å². The summed E-state index contributed by atoms with van der Waals surface area (Å²) in [5.74, 6) is -3.55. The van der Waals surface area contributed by atoms with Crippen LogP contribution in [0, 0.1) is 29.1 Å². The van der Waals surface area contributed by atoms with Gasteiger partial charge in [-0.25, -0.2) is 22.0 Å². The van der Waals surface area contributed by atoms with E-state index in [-0.39, 0.29) is 55.9 Å². The molecule has 18 heteroatoms. The van der Waals surface area contributed by atoms with E-state index in [1.807, 2.05) is 4.72 Å². The van der Waals surface area contributed by atoms with Crippen molar-refractivity contribution in [3.8, 4) is 6.01 Å². The van der Waals surface area contributed by atoms with Gasteiger partial charge in [-0.05, 0) is 93.6 Å². The van der Waals surface area contributed by atoms with Crippen molar-refractivity contribution in [1.82, 2.24) is 29.8 Å². The van der Waals surface area contributed by atoms with E-state index in [1.165, 1.54) is 16.4 Å². The Hall–Kier alpha value is -4.35. The maximum absolute atomic E-state index is 14.8. The van der Waals surface area contributed by atoms with Crippen molar-refractivity contribution < 1.29 is 45.9 Å². The second kappa shape index (κ2) is 15.0. The molecule has 2 bridgehead atoms. The van der Waals surface area contributed by atoms with E-state index in [2.05, 4.69) is 10.6 Å². The predicted molar refractivity (Wildman–Crippen MR) is 210 cm³/mol. The Bertz CT molecular complexity index is 2210. The first kappa shape index (κ1) is 41.4. The number of fused-ring (bicyclic) bond motifs is 7. The highest BCUT2D eigenvalue weighted by atomic mass is 32.2. The third-order valence-corrected chi connectivity index (χ3v) is 16.1. The number of carbonyl (C=O) groups excluding carboxylic acids is 4. The van der Waals surface area contributed by atoms with Crippen LogP contribution in [0.1, 0.15) is 98.3 Å². The molecule has 6 aliphatic rings. The number of hydrogen-bond donors (Lipinski definition) is 3. The number of carbonyl (C=O) groups is 4. The smallest absolute Gasteiger partial charge is 0.408 e. The molecule has 2 aliphatic heterocycles. The van der Waals surface area contributed by atoms with E-state index in [9.17, 15) is 41.2 Å². The maximum atomic E-state index is 14.8. The average Bonchev–Trinajstić information content (AvgIpc) is 4.03. The number of rotatable bonds is 6. The molecule has 4 amide bonds. The molecule has 59 heavy (non-hydrogen) atoms. The molecular weight excluding hydrogens is 791 g/mol. The Balaban J connectivity index is 1.14. The molecule has 5 fully saturated rings. The van der Waals surface area contributed by atoms with E-state index in [0.717, 1.165) is 38.5 Å². The summed E-state index contributed by atoms with van der Waals surface area (Å²) < 4.78 is 69.3. The molecule has 8 rings (SSSR count). The van der Waals surface area contributed by atoms with Crippen molar-refractivity contribution in [1.29, 1.82) is 0 Å². The quantitative estimate of drug-likeness (QED) is 0.383. The topological polar surface area (TPSA) is 195 Å². The lowest BCUT2D eigenvalue weighted by molar-refractivity contribution is -0.143. The predicted octanol–water partition coefficient (Wildman–Crippen LogP) is 4.01. The van der Waals surface area contributed by atoms with Gasteiger partial charge >= 0.3 is 6.09 Å². The molecule has 2 aromatic rings. The summed E-state index contributed by atoms with van der Waals surface area (Å²) >= 11 is 0. The van der Waals surface area contributed by atoms with Crippen molar-refractivity contribution in [3.05, 3.63) is 34.6 Å². The zero-order valence-electron chi connectivity index (χ0n) is 33.9. The molecule has 4 saturated carbocycles. The third kappa shape index (κ3) is 7.66. The van der Waals surface area contributed by atoms with Gasteiger partial charge in [-0.3, -0.25) is 28.5 Å². The van der Waals surface area contributed by atoms with Crippen LogP contribution in [0.2, 0.25) is 0 Å². The Morgan fingerprint density at radius 1 is 1.00 bits per heavy atom. The summed E-state index contributed by atoms with van der Waals surface area (Å²) in [4.78, 5) is 76.3. The molecule has 1 aromatic carbocycles. The van der Waals surface area contributed by atoms with Gasteiger partial charge in [0.1, 0.15) is 29.8 Å². The first-order valence-corrected chi connectivity index (χ1v) is 22.4. The molecule has 0 unspecified atom stereocenters. The zero-order valence-corrected chi connectivity index (χ0v) is 34.7. The van der Waals surface area contributed by atoms with Gasteiger partial charge in [0.25, 0.3) is 17.5 Å². The molecule has 322 valence electrons. The minimum Gasteiger partial charge on any atom is -0.459 e. The largest absolute Gasteiger partial charge is 0.459 e. The van der Waals surface area contributed by atoms with Crippen LogP contribution in [-0.4, -0.2) is 94.2 Å². The fourth-order valence-electron chi connectivity index (χ4n) is 9.76. The van der Waals surface area contributed by atoms with Gasteiger partial charge in [0, 0.05) is 13.0 Å². The SMILES string of the molecule is CC(C)(C)[C@@H]1NC(=O)O[C@@H]2C[C@@H]3CC[C@@H]3[C@H]2CCCCCn2c(nc3ccccc3c2=O)O[C@@H]2C[C@@H](C(=O)N[C@]3(C(=O)NS(=O)(=O)C4(C)CC4)C[C@H]3C(F)F)N(C2)C1=O. The first-order chi connectivity index (χ1) is 27.8. The third-order valence-electron chi connectivity index (χ3n) is 13.9. The van der Waals surface area contributed by atoms with Crippen molar-refractivity contribution in [3.63, 3.8) is 0 Å². The second-order valence-corrected chi connectivity index (χ2v) is 21.2. The number of aromatic nitrogens is 2. The molecule has 3 N–H and O–H groups in total. The van der Waals surface area contributed by atoms with Gasteiger partial charge in [-0.1, -0.05) is 45.7 Å². The number of amides is 4. The van der Waals surface area contributed by atoms with E-state index in [4.69, 9.17) is 14.5 Å². The zero-order chi connectivity index (χ0) is 42.2. The molecule has 0 radical (unpaired) electrons. The molecule has 0 spiro atoms. The van der Waals surface area contributed by atoms with Gasteiger partial charge in [-0.15, -0.1) is 0 Å². The average molecular weight is 845 g/mol. The Labute approximate surface area is 341 Å². The molecule has 9 atom stereocenters. The van der Waals surface area contributed by atoms with E-state index in [0.29, 0.717) is 29.2 Å². The summed E-state index contributed by atoms with van der Waals surface area (Å²) in [6.45, 7) is 6.72. The molecular formula is C41H54F2N6O9S. The number of sulfonamides is 1. The van der Waals surface area contributed by atoms with Gasteiger partial charge in [0.05, 0.1) is 28.1 Å². The molecule has 3 heterocycles. The molecule has 4 aliphatic carbocycles. The summed E-state index contributed by atoms with van der Waals surface area (Å²) in [5, 5.41) is 5.63. The van der Waals surface area contributed by atoms with Crippen LogP contribution in [-0.2, 0) is 35.7 Å². The summed E-state index contributed by atoms with van der Waals surface area (Å²) in [7, 11) is -4.25. The van der Waals surface area contributed by atoms with Crippen LogP contribution in [0.5, 0.6) is 6.01 Å². The standard InChI is InChI=1S/C41H54F2N6O9S/c1-39(2,3)31-35(52)49-21-23(19-29(49)33(50)46-41(20-27(41)32(42)43)36(53)47-59(55,56)40(4)15-16-40)57-37-44-28-12-8-7-11-26(28)34(51)48(37)17-9-5-6-10-25-24-14-13-22(24)18-30(25)58-38(54)45-31/h7-8,11-12,22-25,27,29-32H,5-6,9-10,13-21H2,1-4H3,(H,45,54)(H,46,50)(H,47,53)/t22-,23+,24-,25+,27-,29-,30+,31+,41+/m0/s1. The number of ether oxygens (including phenoxy) is 2. The number of benzene rings is 1. The maximum Gasteiger partial charge on any atom is 0.408 e. The monoisotopic (exact) mass is 844 g/mol.